The Kier molecular flexibility index (Phi) is 4.94. The summed E-state index contributed by atoms with van der Waals surface area (Å²) >= 11 is 0. The molecule has 0 fully saturated rings. The summed E-state index contributed by atoms with van der Waals surface area (Å²) in [5.74, 6) is -0.362. The van der Waals surface area contributed by atoms with Gasteiger partial charge in [-0.25, -0.2) is 4.39 Å². The van der Waals surface area contributed by atoms with Gasteiger partial charge in [-0.1, -0.05) is 19.9 Å². The zero-order valence-corrected chi connectivity index (χ0v) is 11.1. The molecule has 0 spiro atoms. The Morgan fingerprint density at radius 1 is 1.29 bits per heavy atom. The molecule has 0 aromatic heterocycles. The molecule has 0 heterocycles. The standard InChI is InChI=1S/C14H22FNO/c1-5-12(6-2)16(4)10(3)13-8-7-11(15)9-14(13)17/h7-10,12,17H,5-6H2,1-4H3. The highest BCUT2D eigenvalue weighted by atomic mass is 19.1. The van der Waals surface area contributed by atoms with Gasteiger partial charge in [-0.15, -0.1) is 0 Å². The van der Waals surface area contributed by atoms with Crippen molar-refractivity contribution in [2.24, 2.45) is 0 Å². The van der Waals surface area contributed by atoms with E-state index in [1.807, 2.05) is 14.0 Å². The third-order valence-corrected chi connectivity index (χ3v) is 3.57. The number of nitrogens with zero attached hydrogens (tertiary/aromatic N) is 1. The Morgan fingerprint density at radius 3 is 2.35 bits per heavy atom. The van der Waals surface area contributed by atoms with E-state index in [9.17, 15) is 9.50 Å². The lowest BCUT2D eigenvalue weighted by atomic mass is 10.0. The van der Waals surface area contributed by atoms with E-state index in [0.29, 0.717) is 6.04 Å². The number of phenols is 1. The van der Waals surface area contributed by atoms with Crippen LogP contribution in [0.4, 0.5) is 4.39 Å². The molecule has 1 aromatic rings. The van der Waals surface area contributed by atoms with Gasteiger partial charge in [0, 0.05) is 23.7 Å². The summed E-state index contributed by atoms with van der Waals surface area (Å²) in [5.41, 5.74) is 0.779. The Labute approximate surface area is 103 Å². The fourth-order valence-electron chi connectivity index (χ4n) is 2.27. The van der Waals surface area contributed by atoms with Gasteiger partial charge in [0.25, 0.3) is 0 Å². The van der Waals surface area contributed by atoms with Gasteiger partial charge in [-0.2, -0.15) is 0 Å². The van der Waals surface area contributed by atoms with Crippen molar-refractivity contribution in [3.05, 3.63) is 29.6 Å². The molecular formula is C14H22FNO. The Balaban J connectivity index is 2.91. The molecule has 3 heteroatoms. The fraction of sp³-hybridized carbons (Fsp3) is 0.571. The average Bonchev–Trinajstić information content (AvgIpc) is 2.29. The van der Waals surface area contributed by atoms with E-state index in [-0.39, 0.29) is 11.8 Å². The van der Waals surface area contributed by atoms with E-state index < -0.39 is 5.82 Å². The molecule has 0 saturated carbocycles. The summed E-state index contributed by atoms with van der Waals surface area (Å²) in [7, 11) is 2.05. The van der Waals surface area contributed by atoms with Crippen molar-refractivity contribution in [2.45, 2.75) is 45.7 Å². The smallest absolute Gasteiger partial charge is 0.126 e. The van der Waals surface area contributed by atoms with Crippen molar-refractivity contribution in [1.82, 2.24) is 4.90 Å². The minimum atomic E-state index is -0.399. The highest BCUT2D eigenvalue weighted by Gasteiger charge is 2.20. The lowest BCUT2D eigenvalue weighted by Gasteiger charge is -2.32. The van der Waals surface area contributed by atoms with Crippen molar-refractivity contribution in [1.29, 1.82) is 0 Å². The minimum absolute atomic E-state index is 0.0373. The van der Waals surface area contributed by atoms with Crippen LogP contribution in [0.5, 0.6) is 5.75 Å². The molecule has 1 atom stereocenters. The van der Waals surface area contributed by atoms with Gasteiger partial charge in [-0.3, -0.25) is 4.90 Å². The van der Waals surface area contributed by atoms with E-state index in [0.717, 1.165) is 18.4 Å². The first-order valence-electron chi connectivity index (χ1n) is 6.21. The quantitative estimate of drug-likeness (QED) is 0.846. The summed E-state index contributed by atoms with van der Waals surface area (Å²) in [6, 6.07) is 4.79. The summed E-state index contributed by atoms with van der Waals surface area (Å²) < 4.78 is 12.9. The summed E-state index contributed by atoms with van der Waals surface area (Å²) in [4.78, 5) is 2.23. The predicted octanol–water partition coefficient (Wildman–Crippen LogP) is 3.71. The van der Waals surface area contributed by atoms with E-state index in [4.69, 9.17) is 0 Å². The second-order valence-electron chi connectivity index (χ2n) is 4.51. The van der Waals surface area contributed by atoms with Crippen LogP contribution in [-0.2, 0) is 0 Å². The number of rotatable bonds is 5. The first-order chi connectivity index (χ1) is 8.01. The minimum Gasteiger partial charge on any atom is -0.508 e. The predicted molar refractivity (Wildman–Crippen MR) is 68.6 cm³/mol. The van der Waals surface area contributed by atoms with Crippen LogP contribution in [0.2, 0.25) is 0 Å². The van der Waals surface area contributed by atoms with Crippen molar-refractivity contribution in [3.8, 4) is 5.75 Å². The molecular weight excluding hydrogens is 217 g/mol. The summed E-state index contributed by atoms with van der Waals surface area (Å²) in [6.45, 7) is 6.34. The summed E-state index contributed by atoms with van der Waals surface area (Å²) in [6.07, 6.45) is 2.14. The number of halogens is 1. The van der Waals surface area contributed by atoms with Crippen LogP contribution in [0.15, 0.2) is 18.2 Å². The van der Waals surface area contributed by atoms with E-state index in [1.165, 1.54) is 12.1 Å². The molecule has 96 valence electrons. The van der Waals surface area contributed by atoms with Gasteiger partial charge in [0.2, 0.25) is 0 Å². The number of hydrogen-bond acceptors (Lipinski definition) is 2. The summed E-state index contributed by atoms with van der Waals surface area (Å²) in [5, 5.41) is 9.77. The fourth-order valence-corrected chi connectivity index (χ4v) is 2.27. The van der Waals surface area contributed by atoms with Crippen molar-refractivity contribution in [3.63, 3.8) is 0 Å². The van der Waals surface area contributed by atoms with Gasteiger partial charge < -0.3 is 5.11 Å². The molecule has 0 amide bonds. The average molecular weight is 239 g/mol. The maximum Gasteiger partial charge on any atom is 0.126 e. The van der Waals surface area contributed by atoms with E-state index in [1.54, 1.807) is 6.07 Å². The molecule has 0 saturated heterocycles. The van der Waals surface area contributed by atoms with Gasteiger partial charge in [0.05, 0.1) is 0 Å². The third-order valence-electron chi connectivity index (χ3n) is 3.57. The normalized spacial score (nSPS) is 13.4. The van der Waals surface area contributed by atoms with Gasteiger partial charge in [-0.05, 0) is 32.9 Å². The zero-order chi connectivity index (χ0) is 13.0. The molecule has 1 unspecified atom stereocenters. The number of benzene rings is 1. The monoisotopic (exact) mass is 239 g/mol. The van der Waals surface area contributed by atoms with Crippen molar-refractivity contribution in [2.75, 3.05) is 7.05 Å². The van der Waals surface area contributed by atoms with Gasteiger partial charge in [0.1, 0.15) is 11.6 Å². The molecule has 1 N–H and O–H groups in total. The van der Waals surface area contributed by atoms with Crippen LogP contribution in [-0.4, -0.2) is 23.1 Å². The Morgan fingerprint density at radius 2 is 1.88 bits per heavy atom. The second kappa shape index (κ2) is 6.01. The molecule has 1 aromatic carbocycles. The molecule has 0 aliphatic rings. The van der Waals surface area contributed by atoms with Crippen molar-refractivity contribution < 1.29 is 9.50 Å². The molecule has 17 heavy (non-hydrogen) atoms. The molecule has 2 nitrogen and oxygen atoms in total. The Hall–Kier alpha value is -1.09. The highest BCUT2D eigenvalue weighted by Crippen LogP contribution is 2.30. The van der Waals surface area contributed by atoms with Crippen LogP contribution in [0.1, 0.15) is 45.2 Å². The number of hydrogen-bond donors (Lipinski definition) is 1. The topological polar surface area (TPSA) is 23.5 Å². The SMILES string of the molecule is CCC(CC)N(C)C(C)c1ccc(F)cc1O. The van der Waals surface area contributed by atoms with Gasteiger partial charge in [0.15, 0.2) is 0 Å². The number of phenolic OH excluding ortho intramolecular Hbond substituents is 1. The van der Waals surface area contributed by atoms with E-state index in [2.05, 4.69) is 18.7 Å². The molecule has 1 rings (SSSR count). The maximum atomic E-state index is 12.9. The zero-order valence-electron chi connectivity index (χ0n) is 11.1. The molecule has 0 bridgehead atoms. The highest BCUT2D eigenvalue weighted by molar-refractivity contribution is 5.35. The van der Waals surface area contributed by atoms with Crippen LogP contribution in [0.3, 0.4) is 0 Å². The van der Waals surface area contributed by atoms with Crippen LogP contribution in [0.25, 0.3) is 0 Å². The lowest BCUT2D eigenvalue weighted by Crippen LogP contribution is -2.33. The maximum absolute atomic E-state index is 12.9. The third kappa shape index (κ3) is 3.19. The first-order valence-corrected chi connectivity index (χ1v) is 6.21. The first kappa shape index (κ1) is 14.0. The van der Waals surface area contributed by atoms with Gasteiger partial charge >= 0.3 is 0 Å². The number of aromatic hydroxyl groups is 1. The molecule has 0 radical (unpaired) electrons. The Bertz CT molecular complexity index is 363. The second-order valence-corrected chi connectivity index (χ2v) is 4.51. The van der Waals surface area contributed by atoms with Crippen LogP contribution < -0.4 is 0 Å². The van der Waals surface area contributed by atoms with E-state index >= 15 is 0 Å². The van der Waals surface area contributed by atoms with Crippen LogP contribution >= 0.6 is 0 Å². The lowest BCUT2D eigenvalue weighted by molar-refractivity contribution is 0.172. The molecule has 0 aliphatic heterocycles. The van der Waals surface area contributed by atoms with Crippen molar-refractivity contribution >= 4 is 0 Å². The largest absolute Gasteiger partial charge is 0.508 e. The molecule has 0 aliphatic carbocycles. The van der Waals surface area contributed by atoms with Crippen LogP contribution in [0, 0.1) is 5.82 Å².